The van der Waals surface area contributed by atoms with Crippen molar-refractivity contribution >= 4 is 12.0 Å². The largest absolute Gasteiger partial charge is 0.481 e. The first kappa shape index (κ1) is 15.6. The number of nitrogens with zero attached hydrogens (tertiary/aromatic N) is 1. The van der Waals surface area contributed by atoms with Gasteiger partial charge in [0, 0.05) is 19.7 Å². The molecule has 124 valence electrons. The van der Waals surface area contributed by atoms with E-state index in [2.05, 4.69) is 5.32 Å². The molecule has 0 aromatic rings. The van der Waals surface area contributed by atoms with Gasteiger partial charge in [-0.25, -0.2) is 4.79 Å². The number of likely N-dealkylation sites (tertiary alicyclic amines) is 1. The molecule has 3 rings (SSSR count). The number of carboxylic acid groups (broad SMARTS) is 1. The van der Waals surface area contributed by atoms with E-state index in [1.807, 2.05) is 6.92 Å². The number of amides is 2. The lowest BCUT2D eigenvalue weighted by Crippen LogP contribution is -2.49. The molecule has 0 bridgehead atoms. The number of ether oxygens (including phenoxy) is 1. The summed E-state index contributed by atoms with van der Waals surface area (Å²) in [4.78, 5) is 25.9. The van der Waals surface area contributed by atoms with E-state index in [1.54, 1.807) is 4.90 Å². The van der Waals surface area contributed by atoms with Crippen LogP contribution in [-0.2, 0) is 9.53 Å². The van der Waals surface area contributed by atoms with Gasteiger partial charge < -0.3 is 20.1 Å². The molecule has 1 aliphatic carbocycles. The number of carbonyl (C=O) groups is 2. The van der Waals surface area contributed by atoms with Gasteiger partial charge in [-0.2, -0.15) is 0 Å². The van der Waals surface area contributed by atoms with E-state index in [0.717, 1.165) is 38.7 Å². The molecule has 4 atom stereocenters. The molecule has 0 spiro atoms. The molecule has 6 heteroatoms. The summed E-state index contributed by atoms with van der Waals surface area (Å²) in [5.41, 5.74) is -0.705. The van der Waals surface area contributed by atoms with Crippen molar-refractivity contribution in [2.45, 2.75) is 57.6 Å². The SMILES string of the molecule is CCC(NC(=O)N1C[C@@H]2CCC[C@@]2(C(=O)O)C1)C1CCCO1. The fourth-order valence-electron chi connectivity index (χ4n) is 4.42. The summed E-state index contributed by atoms with van der Waals surface area (Å²) in [5, 5.41) is 12.7. The molecule has 2 saturated heterocycles. The average Bonchev–Trinajstić information content (AvgIpc) is 3.18. The molecule has 2 N–H and O–H groups in total. The minimum Gasteiger partial charge on any atom is -0.481 e. The summed E-state index contributed by atoms with van der Waals surface area (Å²) in [6, 6.07) is -0.103. The number of rotatable bonds is 4. The molecule has 2 heterocycles. The highest BCUT2D eigenvalue weighted by Gasteiger charge is 2.55. The highest BCUT2D eigenvalue weighted by Crippen LogP contribution is 2.48. The van der Waals surface area contributed by atoms with E-state index in [4.69, 9.17) is 4.74 Å². The van der Waals surface area contributed by atoms with Crippen LogP contribution >= 0.6 is 0 Å². The maximum absolute atomic E-state index is 12.5. The zero-order valence-corrected chi connectivity index (χ0v) is 13.2. The Morgan fingerprint density at radius 1 is 1.41 bits per heavy atom. The van der Waals surface area contributed by atoms with Crippen molar-refractivity contribution < 1.29 is 19.4 Å². The molecule has 3 aliphatic rings. The van der Waals surface area contributed by atoms with Crippen molar-refractivity contribution in [1.82, 2.24) is 10.2 Å². The van der Waals surface area contributed by atoms with E-state index >= 15 is 0 Å². The first-order valence-corrected chi connectivity index (χ1v) is 8.47. The van der Waals surface area contributed by atoms with Gasteiger partial charge in [0.15, 0.2) is 0 Å². The van der Waals surface area contributed by atoms with Gasteiger partial charge in [0.25, 0.3) is 0 Å². The minimum atomic E-state index is -0.739. The van der Waals surface area contributed by atoms with Crippen LogP contribution in [0.15, 0.2) is 0 Å². The third-order valence-electron chi connectivity index (χ3n) is 5.75. The fraction of sp³-hybridized carbons (Fsp3) is 0.875. The summed E-state index contributed by atoms with van der Waals surface area (Å²) in [5.74, 6) is -0.630. The topological polar surface area (TPSA) is 78.9 Å². The van der Waals surface area contributed by atoms with Crippen LogP contribution in [0.5, 0.6) is 0 Å². The maximum atomic E-state index is 12.5. The third-order valence-corrected chi connectivity index (χ3v) is 5.75. The first-order chi connectivity index (χ1) is 10.6. The average molecular weight is 310 g/mol. The normalized spacial score (nSPS) is 35.4. The number of hydrogen-bond acceptors (Lipinski definition) is 3. The van der Waals surface area contributed by atoms with Gasteiger partial charge in [0.2, 0.25) is 0 Å². The molecule has 0 radical (unpaired) electrons. The Morgan fingerprint density at radius 3 is 2.82 bits per heavy atom. The molecule has 0 aromatic heterocycles. The summed E-state index contributed by atoms with van der Waals surface area (Å²) in [6.45, 7) is 3.73. The Bertz CT molecular complexity index is 449. The first-order valence-electron chi connectivity index (χ1n) is 8.47. The van der Waals surface area contributed by atoms with Crippen LogP contribution in [0.1, 0.15) is 45.4 Å². The Kier molecular flexibility index (Phi) is 4.30. The molecule has 1 saturated carbocycles. The highest BCUT2D eigenvalue weighted by atomic mass is 16.5. The molecular weight excluding hydrogens is 284 g/mol. The third kappa shape index (κ3) is 2.57. The number of hydrogen-bond donors (Lipinski definition) is 2. The van der Waals surface area contributed by atoms with Crippen molar-refractivity contribution in [3.63, 3.8) is 0 Å². The van der Waals surface area contributed by atoms with Crippen LogP contribution in [0.2, 0.25) is 0 Å². The Morgan fingerprint density at radius 2 is 2.23 bits per heavy atom. The molecular formula is C16H26N2O4. The van der Waals surface area contributed by atoms with Crippen molar-refractivity contribution in [1.29, 1.82) is 0 Å². The Hall–Kier alpha value is -1.30. The molecule has 0 aromatic carbocycles. The van der Waals surface area contributed by atoms with Gasteiger partial charge in [0.05, 0.1) is 17.6 Å². The van der Waals surface area contributed by atoms with Crippen molar-refractivity contribution in [3.8, 4) is 0 Å². The fourth-order valence-corrected chi connectivity index (χ4v) is 4.42. The molecule has 2 amide bonds. The summed E-state index contributed by atoms with van der Waals surface area (Å²) >= 11 is 0. The van der Waals surface area contributed by atoms with Crippen LogP contribution in [0, 0.1) is 11.3 Å². The monoisotopic (exact) mass is 310 g/mol. The predicted octanol–water partition coefficient (Wildman–Crippen LogP) is 1.84. The van der Waals surface area contributed by atoms with E-state index in [9.17, 15) is 14.7 Å². The van der Waals surface area contributed by atoms with Gasteiger partial charge in [-0.15, -0.1) is 0 Å². The lowest BCUT2D eigenvalue weighted by molar-refractivity contribution is -0.149. The van der Waals surface area contributed by atoms with Crippen LogP contribution in [0.3, 0.4) is 0 Å². The quantitative estimate of drug-likeness (QED) is 0.830. The van der Waals surface area contributed by atoms with Crippen LogP contribution in [0.4, 0.5) is 4.79 Å². The Balaban J connectivity index is 1.62. The van der Waals surface area contributed by atoms with Crippen molar-refractivity contribution in [3.05, 3.63) is 0 Å². The van der Waals surface area contributed by atoms with E-state index in [0.29, 0.717) is 19.5 Å². The van der Waals surface area contributed by atoms with E-state index < -0.39 is 11.4 Å². The molecule has 3 fully saturated rings. The van der Waals surface area contributed by atoms with Crippen LogP contribution in [-0.4, -0.2) is 53.8 Å². The van der Waals surface area contributed by atoms with Gasteiger partial charge in [0.1, 0.15) is 0 Å². The molecule has 2 aliphatic heterocycles. The number of nitrogens with one attached hydrogen (secondary N) is 1. The zero-order chi connectivity index (χ0) is 15.7. The summed E-state index contributed by atoms with van der Waals surface area (Å²) in [7, 11) is 0. The van der Waals surface area contributed by atoms with E-state index in [1.165, 1.54) is 0 Å². The van der Waals surface area contributed by atoms with Gasteiger partial charge in [-0.3, -0.25) is 4.79 Å². The second kappa shape index (κ2) is 6.07. The van der Waals surface area contributed by atoms with Crippen molar-refractivity contribution in [2.75, 3.05) is 19.7 Å². The lowest BCUT2D eigenvalue weighted by atomic mass is 9.81. The van der Waals surface area contributed by atoms with Crippen LogP contribution in [0.25, 0.3) is 0 Å². The number of carbonyl (C=O) groups excluding carboxylic acids is 1. The second-order valence-electron chi connectivity index (χ2n) is 6.95. The smallest absolute Gasteiger partial charge is 0.317 e. The predicted molar refractivity (Wildman–Crippen MR) is 80.6 cm³/mol. The van der Waals surface area contributed by atoms with Crippen LogP contribution < -0.4 is 5.32 Å². The highest BCUT2D eigenvalue weighted by molar-refractivity contribution is 5.80. The Labute approximate surface area is 131 Å². The summed E-state index contributed by atoms with van der Waals surface area (Å²) < 4.78 is 5.67. The summed E-state index contributed by atoms with van der Waals surface area (Å²) in [6.07, 6.45) is 5.53. The zero-order valence-electron chi connectivity index (χ0n) is 13.2. The molecule has 22 heavy (non-hydrogen) atoms. The molecule has 2 unspecified atom stereocenters. The van der Waals surface area contributed by atoms with Crippen molar-refractivity contribution in [2.24, 2.45) is 11.3 Å². The lowest BCUT2D eigenvalue weighted by Gasteiger charge is -2.27. The number of urea groups is 1. The van der Waals surface area contributed by atoms with E-state index in [-0.39, 0.29) is 24.1 Å². The molecule has 6 nitrogen and oxygen atoms in total. The van der Waals surface area contributed by atoms with Gasteiger partial charge in [-0.1, -0.05) is 13.3 Å². The number of carboxylic acids is 1. The minimum absolute atomic E-state index is 0.0243. The van der Waals surface area contributed by atoms with Gasteiger partial charge >= 0.3 is 12.0 Å². The number of fused-ring (bicyclic) bond motifs is 1. The van der Waals surface area contributed by atoms with Gasteiger partial charge in [-0.05, 0) is 38.0 Å². The number of aliphatic carboxylic acids is 1. The standard InChI is InChI=1S/C16H26N2O4/c1-2-12(13-6-4-8-22-13)17-15(21)18-9-11-5-3-7-16(11,10-18)14(19)20/h11-13H,2-10H2,1H3,(H,17,21)(H,19,20)/t11-,12?,13?,16+/m0/s1. The second-order valence-corrected chi connectivity index (χ2v) is 6.95. The maximum Gasteiger partial charge on any atom is 0.317 e.